The number of aliphatic carboxylic acids is 1. The molecule has 0 bridgehead atoms. The van der Waals surface area contributed by atoms with Gasteiger partial charge in [0.15, 0.2) is 0 Å². The first-order valence-corrected chi connectivity index (χ1v) is 6.12. The lowest BCUT2D eigenvalue weighted by atomic mass is 10.1. The van der Waals surface area contributed by atoms with Crippen LogP contribution in [-0.4, -0.2) is 25.7 Å². The van der Waals surface area contributed by atoms with Gasteiger partial charge in [-0.25, -0.2) is 4.98 Å². The van der Waals surface area contributed by atoms with Gasteiger partial charge in [-0.2, -0.15) is 0 Å². The van der Waals surface area contributed by atoms with Crippen molar-refractivity contribution in [1.29, 1.82) is 0 Å². The standard InChI is InChI=1S/C12H18N2O3/c15-8-9-10-4-1-2-7-14(10)11(13-9)5-3-6-12(16)17/h15H,1-8H2,(H,16,17). The predicted molar refractivity (Wildman–Crippen MR) is 61.7 cm³/mol. The van der Waals surface area contributed by atoms with Crippen molar-refractivity contribution >= 4 is 5.97 Å². The highest BCUT2D eigenvalue weighted by Crippen LogP contribution is 2.22. The van der Waals surface area contributed by atoms with Crippen LogP contribution in [0.4, 0.5) is 0 Å². The molecule has 0 atom stereocenters. The van der Waals surface area contributed by atoms with Gasteiger partial charge in [0.2, 0.25) is 0 Å². The molecule has 0 saturated heterocycles. The van der Waals surface area contributed by atoms with Crippen LogP contribution in [0.1, 0.15) is 42.9 Å². The number of hydrogen-bond donors (Lipinski definition) is 2. The molecule has 0 unspecified atom stereocenters. The van der Waals surface area contributed by atoms with E-state index in [1.165, 1.54) is 0 Å². The van der Waals surface area contributed by atoms with Gasteiger partial charge < -0.3 is 14.8 Å². The van der Waals surface area contributed by atoms with E-state index >= 15 is 0 Å². The molecule has 0 radical (unpaired) electrons. The van der Waals surface area contributed by atoms with Crippen molar-refractivity contribution in [2.45, 2.75) is 51.7 Å². The normalized spacial score (nSPS) is 14.6. The zero-order valence-corrected chi connectivity index (χ0v) is 9.85. The van der Waals surface area contributed by atoms with Gasteiger partial charge in [0.1, 0.15) is 5.82 Å². The monoisotopic (exact) mass is 238 g/mol. The lowest BCUT2D eigenvalue weighted by Gasteiger charge is -2.17. The van der Waals surface area contributed by atoms with Gasteiger partial charge in [-0.05, 0) is 25.7 Å². The molecule has 1 aliphatic rings. The molecular formula is C12H18N2O3. The average Bonchev–Trinajstić information content (AvgIpc) is 2.68. The van der Waals surface area contributed by atoms with Crippen LogP contribution in [0, 0.1) is 0 Å². The molecular weight excluding hydrogens is 220 g/mol. The molecule has 5 nitrogen and oxygen atoms in total. The summed E-state index contributed by atoms with van der Waals surface area (Å²) < 4.78 is 2.16. The van der Waals surface area contributed by atoms with E-state index in [4.69, 9.17) is 5.11 Å². The third-order valence-corrected chi connectivity index (χ3v) is 3.22. The highest BCUT2D eigenvalue weighted by Gasteiger charge is 2.18. The number of rotatable bonds is 5. The Balaban J connectivity index is 2.11. The Bertz CT molecular complexity index is 412. The molecule has 0 spiro atoms. The van der Waals surface area contributed by atoms with Gasteiger partial charge in [-0.15, -0.1) is 0 Å². The van der Waals surface area contributed by atoms with E-state index in [2.05, 4.69) is 9.55 Å². The van der Waals surface area contributed by atoms with E-state index in [1.54, 1.807) is 0 Å². The fourth-order valence-corrected chi connectivity index (χ4v) is 2.41. The number of carboxylic acid groups (broad SMARTS) is 1. The molecule has 2 N–H and O–H groups in total. The first kappa shape index (κ1) is 12.1. The van der Waals surface area contributed by atoms with Crippen molar-refractivity contribution in [2.24, 2.45) is 0 Å². The van der Waals surface area contributed by atoms with Gasteiger partial charge in [0, 0.05) is 25.1 Å². The summed E-state index contributed by atoms with van der Waals surface area (Å²) in [5.74, 6) is 0.169. The number of aryl methyl sites for hydroxylation is 1. The summed E-state index contributed by atoms with van der Waals surface area (Å²) in [6.07, 6.45) is 4.72. The number of carbonyl (C=O) groups is 1. The van der Waals surface area contributed by atoms with Crippen molar-refractivity contribution in [1.82, 2.24) is 9.55 Å². The van der Waals surface area contributed by atoms with Crippen LogP contribution in [0.2, 0.25) is 0 Å². The number of aliphatic hydroxyl groups excluding tert-OH is 1. The molecule has 2 heterocycles. The molecule has 1 aliphatic heterocycles. The Hall–Kier alpha value is -1.36. The van der Waals surface area contributed by atoms with Crippen molar-refractivity contribution in [3.05, 3.63) is 17.2 Å². The third-order valence-electron chi connectivity index (χ3n) is 3.22. The quantitative estimate of drug-likeness (QED) is 0.806. The number of carboxylic acids is 1. The van der Waals surface area contributed by atoms with Gasteiger partial charge >= 0.3 is 5.97 Å². The maximum absolute atomic E-state index is 10.5. The molecule has 0 aromatic carbocycles. The van der Waals surface area contributed by atoms with Crippen LogP contribution in [0.3, 0.4) is 0 Å². The number of aliphatic hydroxyl groups is 1. The van der Waals surface area contributed by atoms with Gasteiger partial charge in [0.25, 0.3) is 0 Å². The van der Waals surface area contributed by atoms with E-state index in [1.807, 2.05) is 0 Å². The summed E-state index contributed by atoms with van der Waals surface area (Å²) in [4.78, 5) is 14.9. The number of imidazole rings is 1. The number of nitrogens with zero attached hydrogens (tertiary/aromatic N) is 2. The first-order valence-electron chi connectivity index (χ1n) is 6.12. The molecule has 0 saturated carbocycles. The molecule has 0 aliphatic carbocycles. The minimum absolute atomic E-state index is 0.0196. The Morgan fingerprint density at radius 1 is 1.41 bits per heavy atom. The summed E-state index contributed by atoms with van der Waals surface area (Å²) in [5.41, 5.74) is 1.92. The molecule has 1 aromatic rings. The highest BCUT2D eigenvalue weighted by molar-refractivity contribution is 5.66. The fraction of sp³-hybridized carbons (Fsp3) is 0.667. The molecule has 94 valence electrons. The minimum Gasteiger partial charge on any atom is -0.481 e. The van der Waals surface area contributed by atoms with E-state index < -0.39 is 5.97 Å². The van der Waals surface area contributed by atoms with Crippen LogP contribution >= 0.6 is 0 Å². The second-order valence-electron chi connectivity index (χ2n) is 4.44. The topological polar surface area (TPSA) is 75.3 Å². The Labute approximate surface area is 100 Å². The summed E-state index contributed by atoms with van der Waals surface area (Å²) in [7, 11) is 0. The SMILES string of the molecule is O=C(O)CCCc1nc(CO)c2n1CCCC2. The Morgan fingerprint density at radius 2 is 2.24 bits per heavy atom. The molecule has 1 aromatic heterocycles. The third kappa shape index (κ3) is 2.66. The smallest absolute Gasteiger partial charge is 0.303 e. The van der Waals surface area contributed by atoms with Crippen LogP contribution < -0.4 is 0 Å². The van der Waals surface area contributed by atoms with Crippen molar-refractivity contribution in [3.63, 3.8) is 0 Å². The zero-order valence-electron chi connectivity index (χ0n) is 9.85. The van der Waals surface area contributed by atoms with Crippen LogP contribution in [0.15, 0.2) is 0 Å². The maximum Gasteiger partial charge on any atom is 0.303 e. The molecule has 17 heavy (non-hydrogen) atoms. The lowest BCUT2D eigenvalue weighted by Crippen LogP contribution is -2.13. The summed E-state index contributed by atoms with van der Waals surface area (Å²) >= 11 is 0. The molecule has 2 rings (SSSR count). The van der Waals surface area contributed by atoms with Crippen LogP contribution in [0.5, 0.6) is 0 Å². The van der Waals surface area contributed by atoms with Crippen LogP contribution in [0.25, 0.3) is 0 Å². The molecule has 0 fully saturated rings. The lowest BCUT2D eigenvalue weighted by molar-refractivity contribution is -0.137. The van der Waals surface area contributed by atoms with E-state index in [0.717, 1.165) is 43.0 Å². The van der Waals surface area contributed by atoms with E-state index in [9.17, 15) is 9.90 Å². The Morgan fingerprint density at radius 3 is 2.94 bits per heavy atom. The summed E-state index contributed by atoms with van der Waals surface area (Å²) in [5, 5.41) is 17.9. The average molecular weight is 238 g/mol. The highest BCUT2D eigenvalue weighted by atomic mass is 16.4. The van der Waals surface area contributed by atoms with Gasteiger partial charge in [-0.1, -0.05) is 0 Å². The maximum atomic E-state index is 10.5. The van der Waals surface area contributed by atoms with Crippen molar-refractivity contribution in [3.8, 4) is 0 Å². The first-order chi connectivity index (χ1) is 8.22. The minimum atomic E-state index is -0.766. The molecule has 0 amide bonds. The number of fused-ring (bicyclic) bond motifs is 1. The number of hydrogen-bond acceptors (Lipinski definition) is 3. The van der Waals surface area contributed by atoms with E-state index in [0.29, 0.717) is 12.8 Å². The zero-order chi connectivity index (χ0) is 12.3. The van der Waals surface area contributed by atoms with Crippen molar-refractivity contribution in [2.75, 3.05) is 0 Å². The van der Waals surface area contributed by atoms with E-state index in [-0.39, 0.29) is 13.0 Å². The second-order valence-corrected chi connectivity index (χ2v) is 4.44. The number of aromatic nitrogens is 2. The summed E-state index contributed by atoms with van der Waals surface area (Å²) in [6, 6.07) is 0. The fourth-order valence-electron chi connectivity index (χ4n) is 2.41. The summed E-state index contributed by atoms with van der Waals surface area (Å²) in [6.45, 7) is 0.930. The predicted octanol–water partition coefficient (Wildman–Crippen LogP) is 1.12. The largest absolute Gasteiger partial charge is 0.481 e. The van der Waals surface area contributed by atoms with Gasteiger partial charge in [0.05, 0.1) is 12.3 Å². The second kappa shape index (κ2) is 5.31. The van der Waals surface area contributed by atoms with Crippen LogP contribution in [-0.2, 0) is 30.8 Å². The Kier molecular flexibility index (Phi) is 3.78. The molecule has 5 heteroatoms. The van der Waals surface area contributed by atoms with Crippen molar-refractivity contribution < 1.29 is 15.0 Å². The van der Waals surface area contributed by atoms with Gasteiger partial charge in [-0.3, -0.25) is 4.79 Å².